The Kier molecular flexibility index (Phi) is 4.77. The SMILES string of the molecule is CC(C)N[C@H]1CC[C@@H](CNC(C)(C)C)[C@@H]1O. The van der Waals surface area contributed by atoms with Crippen molar-refractivity contribution in [2.75, 3.05) is 6.54 Å². The number of aliphatic hydroxyl groups excluding tert-OH is 1. The first kappa shape index (κ1) is 13.9. The summed E-state index contributed by atoms with van der Waals surface area (Å²) < 4.78 is 0. The van der Waals surface area contributed by atoms with Gasteiger partial charge >= 0.3 is 0 Å². The summed E-state index contributed by atoms with van der Waals surface area (Å²) in [5.74, 6) is 0.399. The molecule has 16 heavy (non-hydrogen) atoms. The second-order valence-corrected chi connectivity index (χ2v) is 6.39. The highest BCUT2D eigenvalue weighted by molar-refractivity contribution is 4.92. The van der Waals surface area contributed by atoms with E-state index in [0.29, 0.717) is 12.0 Å². The molecule has 0 aromatic heterocycles. The molecule has 1 saturated carbocycles. The summed E-state index contributed by atoms with van der Waals surface area (Å²) in [6, 6.07) is 0.737. The van der Waals surface area contributed by atoms with Crippen molar-refractivity contribution < 1.29 is 5.11 Å². The molecule has 3 nitrogen and oxygen atoms in total. The van der Waals surface area contributed by atoms with Crippen LogP contribution < -0.4 is 10.6 Å². The highest BCUT2D eigenvalue weighted by Crippen LogP contribution is 2.26. The molecule has 3 atom stereocenters. The van der Waals surface area contributed by atoms with Gasteiger partial charge in [-0.3, -0.25) is 0 Å². The Bertz CT molecular complexity index is 210. The van der Waals surface area contributed by atoms with Gasteiger partial charge in [0.15, 0.2) is 0 Å². The van der Waals surface area contributed by atoms with E-state index in [2.05, 4.69) is 45.3 Å². The molecule has 96 valence electrons. The lowest BCUT2D eigenvalue weighted by Crippen LogP contribution is -2.45. The molecule has 0 aromatic carbocycles. The normalized spacial score (nSPS) is 31.3. The molecule has 0 bridgehead atoms. The summed E-state index contributed by atoms with van der Waals surface area (Å²) >= 11 is 0. The smallest absolute Gasteiger partial charge is 0.0733 e. The Morgan fingerprint density at radius 3 is 2.38 bits per heavy atom. The topological polar surface area (TPSA) is 44.3 Å². The highest BCUT2D eigenvalue weighted by atomic mass is 16.3. The van der Waals surface area contributed by atoms with Crippen LogP contribution in [0, 0.1) is 5.92 Å². The van der Waals surface area contributed by atoms with Gasteiger partial charge in [-0.25, -0.2) is 0 Å². The van der Waals surface area contributed by atoms with Gasteiger partial charge in [-0.15, -0.1) is 0 Å². The van der Waals surface area contributed by atoms with Crippen LogP contribution in [0.1, 0.15) is 47.5 Å². The van der Waals surface area contributed by atoms with E-state index in [0.717, 1.165) is 19.4 Å². The third-order valence-electron chi connectivity index (χ3n) is 3.19. The standard InChI is InChI=1S/C13H28N2O/c1-9(2)15-11-7-6-10(12(11)16)8-14-13(3,4)5/h9-12,14-16H,6-8H2,1-5H3/t10-,11-,12-/m0/s1. The zero-order valence-electron chi connectivity index (χ0n) is 11.4. The van der Waals surface area contributed by atoms with Crippen LogP contribution in [0.2, 0.25) is 0 Å². The first-order chi connectivity index (χ1) is 7.29. The largest absolute Gasteiger partial charge is 0.391 e. The molecule has 0 unspecified atom stereocenters. The van der Waals surface area contributed by atoms with Gasteiger partial charge in [-0.1, -0.05) is 13.8 Å². The van der Waals surface area contributed by atoms with Crippen LogP contribution in [-0.4, -0.2) is 35.4 Å². The Hall–Kier alpha value is -0.120. The molecule has 3 N–H and O–H groups in total. The molecule has 1 aliphatic rings. The number of hydrogen-bond acceptors (Lipinski definition) is 3. The van der Waals surface area contributed by atoms with Crippen LogP contribution in [0.3, 0.4) is 0 Å². The van der Waals surface area contributed by atoms with Crippen LogP contribution in [0.4, 0.5) is 0 Å². The van der Waals surface area contributed by atoms with Crippen LogP contribution in [-0.2, 0) is 0 Å². The minimum atomic E-state index is -0.197. The van der Waals surface area contributed by atoms with Crippen molar-refractivity contribution in [3.05, 3.63) is 0 Å². The van der Waals surface area contributed by atoms with Gasteiger partial charge in [0, 0.05) is 24.2 Å². The average molecular weight is 228 g/mol. The van der Waals surface area contributed by atoms with E-state index in [4.69, 9.17) is 0 Å². The Morgan fingerprint density at radius 1 is 1.25 bits per heavy atom. The van der Waals surface area contributed by atoms with Crippen molar-refractivity contribution in [3.63, 3.8) is 0 Å². The third-order valence-corrected chi connectivity index (χ3v) is 3.19. The maximum atomic E-state index is 10.2. The zero-order chi connectivity index (χ0) is 12.3. The molecule has 3 heteroatoms. The monoisotopic (exact) mass is 228 g/mol. The molecule has 0 aromatic rings. The van der Waals surface area contributed by atoms with E-state index in [1.165, 1.54) is 0 Å². The first-order valence-corrected chi connectivity index (χ1v) is 6.49. The van der Waals surface area contributed by atoms with Gasteiger partial charge in [0.2, 0.25) is 0 Å². The van der Waals surface area contributed by atoms with E-state index in [9.17, 15) is 5.11 Å². The molecule has 1 rings (SSSR count). The molecule has 0 saturated heterocycles. The third kappa shape index (κ3) is 4.40. The molecule has 1 aliphatic carbocycles. The fourth-order valence-corrected chi connectivity index (χ4v) is 2.33. The highest BCUT2D eigenvalue weighted by Gasteiger charge is 2.34. The van der Waals surface area contributed by atoms with Crippen LogP contribution in [0.15, 0.2) is 0 Å². The van der Waals surface area contributed by atoms with E-state index >= 15 is 0 Å². The summed E-state index contributed by atoms with van der Waals surface area (Å²) in [4.78, 5) is 0. The van der Waals surface area contributed by atoms with Gasteiger partial charge in [0.25, 0.3) is 0 Å². The molecular weight excluding hydrogens is 200 g/mol. The number of aliphatic hydroxyl groups is 1. The molecular formula is C13H28N2O. The lowest BCUT2D eigenvalue weighted by Gasteiger charge is -2.26. The molecule has 0 amide bonds. The van der Waals surface area contributed by atoms with Crippen LogP contribution >= 0.6 is 0 Å². The quantitative estimate of drug-likeness (QED) is 0.683. The number of rotatable bonds is 4. The molecule has 1 fully saturated rings. The van der Waals surface area contributed by atoms with Crippen molar-refractivity contribution in [1.29, 1.82) is 0 Å². The number of hydrogen-bond donors (Lipinski definition) is 3. The Labute approximate surface area is 100 Å². The summed E-state index contributed by atoms with van der Waals surface area (Å²) in [5, 5.41) is 17.1. The second kappa shape index (κ2) is 5.48. The second-order valence-electron chi connectivity index (χ2n) is 6.39. The minimum Gasteiger partial charge on any atom is -0.391 e. The van der Waals surface area contributed by atoms with Crippen LogP contribution in [0.25, 0.3) is 0 Å². The van der Waals surface area contributed by atoms with Gasteiger partial charge in [0.05, 0.1) is 6.10 Å². The predicted octanol–water partition coefficient (Wildman–Crippen LogP) is 1.51. The van der Waals surface area contributed by atoms with Gasteiger partial charge in [-0.2, -0.15) is 0 Å². The predicted molar refractivity (Wildman–Crippen MR) is 68.5 cm³/mol. The lowest BCUT2D eigenvalue weighted by molar-refractivity contribution is 0.0992. The summed E-state index contributed by atoms with van der Waals surface area (Å²) in [6.45, 7) is 11.7. The van der Waals surface area contributed by atoms with E-state index in [-0.39, 0.29) is 17.7 Å². The summed E-state index contributed by atoms with van der Waals surface area (Å²) in [7, 11) is 0. The van der Waals surface area contributed by atoms with Crippen molar-refractivity contribution >= 4 is 0 Å². The summed E-state index contributed by atoms with van der Waals surface area (Å²) in [6.07, 6.45) is 2.02. The number of nitrogens with one attached hydrogen (secondary N) is 2. The zero-order valence-corrected chi connectivity index (χ0v) is 11.4. The first-order valence-electron chi connectivity index (χ1n) is 6.49. The van der Waals surface area contributed by atoms with Crippen molar-refractivity contribution in [2.24, 2.45) is 5.92 Å². The lowest BCUT2D eigenvalue weighted by atomic mass is 10.0. The molecule has 0 heterocycles. The Morgan fingerprint density at radius 2 is 1.88 bits per heavy atom. The molecule has 0 spiro atoms. The van der Waals surface area contributed by atoms with Crippen molar-refractivity contribution in [3.8, 4) is 0 Å². The Balaban J connectivity index is 2.36. The summed E-state index contributed by atoms with van der Waals surface area (Å²) in [5.41, 5.74) is 0.142. The molecule has 0 radical (unpaired) electrons. The maximum absolute atomic E-state index is 10.2. The van der Waals surface area contributed by atoms with Gasteiger partial charge < -0.3 is 15.7 Å². The minimum absolute atomic E-state index is 0.142. The van der Waals surface area contributed by atoms with Crippen molar-refractivity contribution in [1.82, 2.24) is 10.6 Å². The van der Waals surface area contributed by atoms with E-state index in [1.807, 2.05) is 0 Å². The molecule has 0 aliphatic heterocycles. The van der Waals surface area contributed by atoms with Crippen molar-refractivity contribution in [2.45, 2.75) is 71.2 Å². The fraction of sp³-hybridized carbons (Fsp3) is 1.00. The average Bonchev–Trinajstić information content (AvgIpc) is 2.43. The fourth-order valence-electron chi connectivity index (χ4n) is 2.33. The van der Waals surface area contributed by atoms with Gasteiger partial charge in [-0.05, 0) is 39.5 Å². The van der Waals surface area contributed by atoms with Crippen LogP contribution in [0.5, 0.6) is 0 Å². The van der Waals surface area contributed by atoms with Gasteiger partial charge in [0.1, 0.15) is 0 Å². The van der Waals surface area contributed by atoms with E-state index < -0.39 is 0 Å². The van der Waals surface area contributed by atoms with E-state index in [1.54, 1.807) is 0 Å². The maximum Gasteiger partial charge on any atom is 0.0733 e.